The number of hydrogen-bond donors (Lipinski definition) is 3. The number of hydrogen-bond acceptors (Lipinski definition) is 10. The van der Waals surface area contributed by atoms with Gasteiger partial charge in [0.05, 0.1) is 20.3 Å². The summed E-state index contributed by atoms with van der Waals surface area (Å²) in [5.74, 6) is -2.71. The second-order valence-electron chi connectivity index (χ2n) is 10.6. The van der Waals surface area contributed by atoms with Gasteiger partial charge in [0.1, 0.15) is 24.1 Å². The van der Waals surface area contributed by atoms with Gasteiger partial charge in [-0.15, -0.1) is 0 Å². The van der Waals surface area contributed by atoms with Crippen LogP contribution < -0.4 is 15.4 Å². The van der Waals surface area contributed by atoms with Gasteiger partial charge < -0.3 is 34.6 Å². The van der Waals surface area contributed by atoms with Crippen molar-refractivity contribution < 1.29 is 47.7 Å². The van der Waals surface area contributed by atoms with Gasteiger partial charge in [0, 0.05) is 30.3 Å². The first kappa shape index (κ1) is 33.0. The minimum Gasteiger partial charge on any atom is -0.496 e. The molecule has 1 saturated heterocycles. The van der Waals surface area contributed by atoms with E-state index < -0.39 is 67.0 Å². The van der Waals surface area contributed by atoms with Crippen molar-refractivity contribution in [3.05, 3.63) is 30.0 Å². The van der Waals surface area contributed by atoms with Crippen molar-refractivity contribution in [3.63, 3.8) is 0 Å². The smallest absolute Gasteiger partial charge is 0.496 e. The molecule has 14 heteroatoms. The molecule has 1 fully saturated rings. The van der Waals surface area contributed by atoms with E-state index in [4.69, 9.17) is 9.47 Å². The minimum atomic E-state index is -1.18. The van der Waals surface area contributed by atoms with Crippen LogP contribution in [0.1, 0.15) is 50.5 Å². The third-order valence-corrected chi connectivity index (χ3v) is 7.01. The highest BCUT2D eigenvalue weighted by atomic mass is 16.8. The Bertz CT molecular complexity index is 1350. The van der Waals surface area contributed by atoms with Gasteiger partial charge in [-0.2, -0.15) is 0 Å². The molecule has 14 nitrogen and oxygen atoms in total. The molecule has 3 atom stereocenters. The molecule has 3 N–H and O–H groups in total. The minimum absolute atomic E-state index is 0.00709. The molecule has 0 aliphatic carbocycles. The fourth-order valence-electron chi connectivity index (χ4n) is 4.86. The number of ether oxygens (including phenoxy) is 4. The molecule has 1 aliphatic rings. The highest BCUT2D eigenvalue weighted by molar-refractivity contribution is 6.02. The van der Waals surface area contributed by atoms with Gasteiger partial charge >= 0.3 is 6.16 Å². The Labute approximate surface area is 248 Å². The fraction of sp³-hybridized carbons (Fsp3) is 0.517. The predicted octanol–water partition coefficient (Wildman–Crippen LogP) is 1.92. The summed E-state index contributed by atoms with van der Waals surface area (Å²) in [6.07, 6.45) is -0.510. The zero-order valence-corrected chi connectivity index (χ0v) is 24.9. The normalized spacial score (nSPS) is 16.1. The highest BCUT2D eigenvalue weighted by Gasteiger charge is 2.38. The van der Waals surface area contributed by atoms with Crippen LogP contribution in [0.3, 0.4) is 0 Å². The molecule has 2 aromatic rings. The number of carbonyl (C=O) groups excluding carboxylic acids is 6. The maximum absolute atomic E-state index is 13.5. The lowest BCUT2D eigenvalue weighted by molar-refractivity contribution is -0.142. The van der Waals surface area contributed by atoms with Crippen molar-refractivity contribution >= 4 is 46.5 Å². The van der Waals surface area contributed by atoms with Crippen LogP contribution in [-0.4, -0.2) is 91.7 Å². The van der Waals surface area contributed by atoms with Crippen LogP contribution >= 0.6 is 0 Å². The molecule has 43 heavy (non-hydrogen) atoms. The number of methoxy groups -OCH3 is 2. The van der Waals surface area contributed by atoms with Gasteiger partial charge in [0.15, 0.2) is 12.6 Å². The number of Topliss-reactive ketones (excluding diaryl/α,β-unsaturated/α-hetero) is 1. The number of likely N-dealkylation sites (tertiary alicyclic amines) is 1. The number of ketones is 1. The van der Waals surface area contributed by atoms with Crippen molar-refractivity contribution in [2.45, 2.75) is 52.1 Å². The lowest BCUT2D eigenvalue weighted by atomic mass is 9.95. The molecule has 0 bridgehead atoms. The number of benzene rings is 1. The van der Waals surface area contributed by atoms with Crippen molar-refractivity contribution in [2.24, 2.45) is 11.8 Å². The van der Waals surface area contributed by atoms with E-state index in [1.165, 1.54) is 14.0 Å². The van der Waals surface area contributed by atoms with Crippen LogP contribution in [0, 0.1) is 11.8 Å². The van der Waals surface area contributed by atoms with E-state index in [1.807, 2.05) is 13.8 Å². The summed E-state index contributed by atoms with van der Waals surface area (Å²) >= 11 is 0. The summed E-state index contributed by atoms with van der Waals surface area (Å²) in [6, 6.07) is 4.75. The Morgan fingerprint density at radius 1 is 1.09 bits per heavy atom. The maximum atomic E-state index is 13.5. The monoisotopic (exact) mass is 602 g/mol. The first-order valence-corrected chi connectivity index (χ1v) is 13.8. The van der Waals surface area contributed by atoms with Gasteiger partial charge in [-0.25, -0.2) is 4.79 Å². The number of imide groups is 1. The quantitative estimate of drug-likeness (QED) is 0.164. The molecule has 3 rings (SSSR count). The van der Waals surface area contributed by atoms with Crippen molar-refractivity contribution in [1.82, 2.24) is 20.5 Å². The standard InChI is InChI=1S/C29H38N4O10/c1-16(2)11-22(32-27(37)23-13-19-20(30-23)7-6-8-25(19)40-4)26(36)31-21(24(35)14-42-15-43-29(39)41-5)12-18-9-10-33(17(3)34)28(18)38/h6-8,13,16,18,21-22,30H,9-12,14-15H2,1-5H3,(H,31,36)(H,32,37)/t18-,21-,22-/m0/s1. The number of amides is 4. The Balaban J connectivity index is 1.76. The lowest BCUT2D eigenvalue weighted by Crippen LogP contribution is -2.53. The highest BCUT2D eigenvalue weighted by Crippen LogP contribution is 2.26. The Hall–Kier alpha value is -4.46. The second kappa shape index (κ2) is 15.1. The summed E-state index contributed by atoms with van der Waals surface area (Å²) in [5, 5.41) is 6.12. The van der Waals surface area contributed by atoms with Gasteiger partial charge in [-0.1, -0.05) is 19.9 Å². The average Bonchev–Trinajstić information content (AvgIpc) is 3.57. The molecule has 0 saturated carbocycles. The number of H-pyrrole nitrogens is 1. The first-order chi connectivity index (χ1) is 20.4. The van der Waals surface area contributed by atoms with E-state index in [9.17, 15) is 28.8 Å². The summed E-state index contributed by atoms with van der Waals surface area (Å²) in [4.78, 5) is 79.7. The molecule has 0 unspecified atom stereocenters. The Morgan fingerprint density at radius 3 is 2.47 bits per heavy atom. The fourth-order valence-corrected chi connectivity index (χ4v) is 4.86. The van der Waals surface area contributed by atoms with Gasteiger partial charge in [0.25, 0.3) is 5.91 Å². The zero-order valence-electron chi connectivity index (χ0n) is 24.9. The summed E-state index contributed by atoms with van der Waals surface area (Å²) in [5.41, 5.74) is 0.894. The van der Waals surface area contributed by atoms with E-state index in [0.29, 0.717) is 23.1 Å². The first-order valence-electron chi connectivity index (χ1n) is 13.8. The largest absolute Gasteiger partial charge is 0.510 e. The third kappa shape index (κ3) is 8.77. The molecular formula is C29H38N4O10. The van der Waals surface area contributed by atoms with Crippen LogP contribution in [0.5, 0.6) is 5.75 Å². The molecule has 1 aromatic carbocycles. The van der Waals surface area contributed by atoms with E-state index in [0.717, 1.165) is 12.0 Å². The van der Waals surface area contributed by atoms with E-state index in [2.05, 4.69) is 25.1 Å². The number of nitrogens with one attached hydrogen (secondary N) is 3. The molecule has 0 spiro atoms. The van der Waals surface area contributed by atoms with Crippen LogP contribution in [0.15, 0.2) is 24.3 Å². The number of aromatic amines is 1. The number of nitrogens with zero attached hydrogens (tertiary/aromatic N) is 1. The van der Waals surface area contributed by atoms with Crippen LogP contribution in [0.2, 0.25) is 0 Å². The van der Waals surface area contributed by atoms with Crippen molar-refractivity contribution in [3.8, 4) is 5.75 Å². The molecule has 2 heterocycles. The summed E-state index contributed by atoms with van der Waals surface area (Å²) in [7, 11) is 2.64. The zero-order chi connectivity index (χ0) is 31.7. The third-order valence-electron chi connectivity index (χ3n) is 7.01. The second-order valence-corrected chi connectivity index (χ2v) is 10.6. The predicted molar refractivity (Wildman–Crippen MR) is 152 cm³/mol. The topological polar surface area (TPSA) is 182 Å². The van der Waals surface area contributed by atoms with Crippen LogP contribution in [-0.2, 0) is 33.4 Å². The lowest BCUT2D eigenvalue weighted by Gasteiger charge is -2.25. The van der Waals surface area contributed by atoms with Gasteiger partial charge in [-0.3, -0.25) is 28.9 Å². The molecular weight excluding hydrogens is 564 g/mol. The molecule has 0 radical (unpaired) electrons. The van der Waals surface area contributed by atoms with Crippen molar-refractivity contribution in [2.75, 3.05) is 34.2 Å². The summed E-state index contributed by atoms with van der Waals surface area (Å²) in [6.45, 7) is 4.14. The maximum Gasteiger partial charge on any atom is 0.510 e. The van der Waals surface area contributed by atoms with Gasteiger partial charge in [0.2, 0.25) is 17.7 Å². The Morgan fingerprint density at radius 2 is 1.84 bits per heavy atom. The number of fused-ring (bicyclic) bond motifs is 1. The van der Waals surface area contributed by atoms with Crippen LogP contribution in [0.4, 0.5) is 4.79 Å². The van der Waals surface area contributed by atoms with Crippen LogP contribution in [0.25, 0.3) is 10.9 Å². The summed E-state index contributed by atoms with van der Waals surface area (Å²) < 4.78 is 19.4. The van der Waals surface area contributed by atoms with E-state index in [-0.39, 0.29) is 31.0 Å². The average molecular weight is 603 g/mol. The Kier molecular flexibility index (Phi) is 11.6. The molecule has 1 aromatic heterocycles. The number of rotatable bonds is 14. The number of aromatic nitrogens is 1. The van der Waals surface area contributed by atoms with E-state index >= 15 is 0 Å². The molecule has 4 amide bonds. The van der Waals surface area contributed by atoms with Gasteiger partial charge in [-0.05, 0) is 43.4 Å². The molecule has 1 aliphatic heterocycles. The number of carbonyl (C=O) groups is 6. The van der Waals surface area contributed by atoms with Crippen molar-refractivity contribution in [1.29, 1.82) is 0 Å². The molecule has 234 valence electrons. The SMILES string of the molecule is COC(=O)OCOCC(=O)[C@H](C[C@@H]1CCN(C(C)=O)C1=O)NC(=O)[C@H](CC(C)C)NC(=O)c1cc2c(OC)cccc2[nH]1. The van der Waals surface area contributed by atoms with E-state index in [1.54, 1.807) is 24.3 Å².